The molecule has 1 heterocycles. The summed E-state index contributed by atoms with van der Waals surface area (Å²) in [5, 5.41) is 0.843. The van der Waals surface area contributed by atoms with Crippen molar-refractivity contribution < 1.29 is 4.74 Å². The van der Waals surface area contributed by atoms with Crippen LogP contribution >= 0.6 is 11.6 Å². The Morgan fingerprint density at radius 3 is 3.10 bits per heavy atom. The van der Waals surface area contributed by atoms with Crippen LogP contribution in [-0.2, 0) is 11.2 Å². The molecule has 1 saturated carbocycles. The molecule has 20 heavy (non-hydrogen) atoms. The van der Waals surface area contributed by atoms with Gasteiger partial charge in [-0.1, -0.05) is 23.7 Å². The van der Waals surface area contributed by atoms with Crippen molar-refractivity contribution in [3.8, 4) is 0 Å². The molecule has 0 radical (unpaired) electrons. The Bertz CT molecular complexity index is 478. The number of fused-ring (bicyclic) bond motifs is 1. The minimum absolute atomic E-state index is 0.146. The third kappa shape index (κ3) is 2.67. The van der Waals surface area contributed by atoms with Gasteiger partial charge in [-0.05, 0) is 44.2 Å². The van der Waals surface area contributed by atoms with E-state index in [0.717, 1.165) is 24.6 Å². The van der Waals surface area contributed by atoms with Crippen molar-refractivity contribution >= 4 is 17.3 Å². The quantitative estimate of drug-likeness (QED) is 0.931. The van der Waals surface area contributed by atoms with Crippen LogP contribution in [0, 0.1) is 0 Å². The number of benzene rings is 1. The largest absolute Gasteiger partial charge is 0.374 e. The molecule has 3 rings (SSSR count). The maximum atomic E-state index is 6.51. The molecule has 2 N–H and O–H groups in total. The molecule has 110 valence electrons. The van der Waals surface area contributed by atoms with Crippen LogP contribution in [0.4, 0.5) is 5.69 Å². The Kier molecular flexibility index (Phi) is 4.20. The van der Waals surface area contributed by atoms with Crippen molar-refractivity contribution in [3.63, 3.8) is 0 Å². The third-order valence-electron chi connectivity index (χ3n) is 4.38. The minimum atomic E-state index is 0.146. The lowest BCUT2D eigenvalue weighted by atomic mass is 10.0. The van der Waals surface area contributed by atoms with Gasteiger partial charge in [-0.2, -0.15) is 0 Å². The number of para-hydroxylation sites is 1. The summed E-state index contributed by atoms with van der Waals surface area (Å²) in [5.41, 5.74) is 8.44. The van der Waals surface area contributed by atoms with Crippen molar-refractivity contribution in [1.82, 2.24) is 0 Å². The molecule has 3 atom stereocenters. The fourth-order valence-corrected chi connectivity index (χ4v) is 3.90. The summed E-state index contributed by atoms with van der Waals surface area (Å²) in [6.45, 7) is 3.77. The molecule has 4 heteroatoms. The summed E-state index contributed by atoms with van der Waals surface area (Å²) >= 11 is 6.51. The molecular formula is C16H23ClN2O. The topological polar surface area (TPSA) is 38.5 Å². The van der Waals surface area contributed by atoms with Crippen molar-refractivity contribution in [1.29, 1.82) is 0 Å². The van der Waals surface area contributed by atoms with E-state index in [1.54, 1.807) is 0 Å². The van der Waals surface area contributed by atoms with E-state index in [9.17, 15) is 0 Å². The third-order valence-corrected chi connectivity index (χ3v) is 4.69. The van der Waals surface area contributed by atoms with Crippen molar-refractivity contribution in [2.45, 2.75) is 50.8 Å². The van der Waals surface area contributed by atoms with Gasteiger partial charge in [0.05, 0.1) is 29.5 Å². The van der Waals surface area contributed by atoms with Crippen LogP contribution < -0.4 is 10.6 Å². The normalized spacial score (nSPS) is 27.4. The SMILES string of the molecule is CC(N)Cc1cccc(Cl)c1N1CCOC2CCCC21. The van der Waals surface area contributed by atoms with Crippen molar-refractivity contribution in [2.75, 3.05) is 18.1 Å². The Labute approximate surface area is 126 Å². The molecule has 1 aromatic rings. The second-order valence-electron chi connectivity index (χ2n) is 6.03. The van der Waals surface area contributed by atoms with E-state index in [1.807, 2.05) is 19.1 Å². The molecule has 2 aliphatic rings. The number of hydrogen-bond acceptors (Lipinski definition) is 3. The number of halogens is 1. The van der Waals surface area contributed by atoms with Crippen molar-refractivity contribution in [3.05, 3.63) is 28.8 Å². The first-order chi connectivity index (χ1) is 9.66. The second kappa shape index (κ2) is 5.92. The molecule has 0 amide bonds. The maximum absolute atomic E-state index is 6.51. The van der Waals surface area contributed by atoms with Gasteiger partial charge in [-0.25, -0.2) is 0 Å². The van der Waals surface area contributed by atoms with Gasteiger partial charge in [0.25, 0.3) is 0 Å². The van der Waals surface area contributed by atoms with Gasteiger partial charge in [0.2, 0.25) is 0 Å². The van der Waals surface area contributed by atoms with Gasteiger partial charge < -0.3 is 15.4 Å². The highest BCUT2D eigenvalue weighted by Crippen LogP contribution is 2.38. The lowest BCUT2D eigenvalue weighted by Crippen LogP contribution is -2.49. The number of rotatable bonds is 3. The second-order valence-corrected chi connectivity index (χ2v) is 6.44. The fourth-order valence-electron chi connectivity index (χ4n) is 3.60. The van der Waals surface area contributed by atoms with Crippen molar-refractivity contribution in [2.24, 2.45) is 5.73 Å². The Hall–Kier alpha value is -0.770. The summed E-state index contributed by atoms with van der Waals surface area (Å²) in [5.74, 6) is 0. The van der Waals surface area contributed by atoms with E-state index >= 15 is 0 Å². The predicted molar refractivity (Wildman–Crippen MR) is 83.5 cm³/mol. The molecule has 3 unspecified atom stereocenters. The Balaban J connectivity index is 1.95. The smallest absolute Gasteiger partial charge is 0.0779 e. The summed E-state index contributed by atoms with van der Waals surface area (Å²) < 4.78 is 5.90. The molecule has 3 nitrogen and oxygen atoms in total. The van der Waals surface area contributed by atoms with E-state index in [4.69, 9.17) is 22.1 Å². The zero-order valence-electron chi connectivity index (χ0n) is 12.0. The molecule has 1 aliphatic heterocycles. The van der Waals surface area contributed by atoms with Gasteiger partial charge in [-0.15, -0.1) is 0 Å². The van der Waals surface area contributed by atoms with Gasteiger partial charge in [-0.3, -0.25) is 0 Å². The maximum Gasteiger partial charge on any atom is 0.0779 e. The molecular weight excluding hydrogens is 272 g/mol. The summed E-state index contributed by atoms with van der Waals surface area (Å²) in [6.07, 6.45) is 4.87. The molecule has 0 aromatic heterocycles. The zero-order valence-corrected chi connectivity index (χ0v) is 12.8. The molecule has 0 spiro atoms. The predicted octanol–water partition coefficient (Wildman–Crippen LogP) is 2.99. The number of hydrogen-bond donors (Lipinski definition) is 1. The number of nitrogens with two attached hydrogens (primary N) is 1. The van der Waals surface area contributed by atoms with Gasteiger partial charge in [0, 0.05) is 12.6 Å². The van der Waals surface area contributed by atoms with Crippen LogP contribution in [0.25, 0.3) is 0 Å². The monoisotopic (exact) mass is 294 g/mol. The highest BCUT2D eigenvalue weighted by Gasteiger charge is 2.37. The highest BCUT2D eigenvalue weighted by atomic mass is 35.5. The lowest BCUT2D eigenvalue weighted by Gasteiger charge is -2.40. The highest BCUT2D eigenvalue weighted by molar-refractivity contribution is 6.33. The van der Waals surface area contributed by atoms with Gasteiger partial charge >= 0.3 is 0 Å². The number of ether oxygens (including phenoxy) is 1. The van der Waals surface area contributed by atoms with Crippen LogP contribution in [0.5, 0.6) is 0 Å². The van der Waals surface area contributed by atoms with Crippen LogP contribution in [0.15, 0.2) is 18.2 Å². The molecule has 1 aliphatic carbocycles. The average molecular weight is 295 g/mol. The van der Waals surface area contributed by atoms with E-state index < -0.39 is 0 Å². The van der Waals surface area contributed by atoms with Gasteiger partial charge in [0.1, 0.15) is 0 Å². The van der Waals surface area contributed by atoms with Crippen LogP contribution in [0.2, 0.25) is 5.02 Å². The fraction of sp³-hybridized carbons (Fsp3) is 0.625. The molecule has 1 aromatic carbocycles. The van der Waals surface area contributed by atoms with Crippen LogP contribution in [0.3, 0.4) is 0 Å². The summed E-state index contributed by atoms with van der Waals surface area (Å²) in [4.78, 5) is 2.47. The zero-order chi connectivity index (χ0) is 14.1. The molecule has 1 saturated heterocycles. The Morgan fingerprint density at radius 2 is 2.30 bits per heavy atom. The molecule has 2 fully saturated rings. The lowest BCUT2D eigenvalue weighted by molar-refractivity contribution is 0.0256. The van der Waals surface area contributed by atoms with Crippen LogP contribution in [-0.4, -0.2) is 31.3 Å². The summed E-state index contributed by atoms with van der Waals surface area (Å²) in [6, 6.07) is 6.80. The number of morpholine rings is 1. The Morgan fingerprint density at radius 1 is 1.45 bits per heavy atom. The van der Waals surface area contributed by atoms with E-state index in [-0.39, 0.29) is 6.04 Å². The average Bonchev–Trinajstić information content (AvgIpc) is 2.86. The standard InChI is InChI=1S/C16H23ClN2O/c1-11(18)10-12-4-2-5-13(17)16(12)19-8-9-20-15-7-3-6-14(15)19/h2,4-5,11,14-15H,3,6-10,18H2,1H3. The van der Waals surface area contributed by atoms with Crippen LogP contribution in [0.1, 0.15) is 31.7 Å². The van der Waals surface area contributed by atoms with E-state index in [1.165, 1.54) is 30.5 Å². The van der Waals surface area contributed by atoms with Gasteiger partial charge in [0.15, 0.2) is 0 Å². The first kappa shape index (κ1) is 14.2. The number of anilines is 1. The van der Waals surface area contributed by atoms with E-state index in [2.05, 4.69) is 11.0 Å². The minimum Gasteiger partial charge on any atom is -0.374 e. The number of nitrogens with zero attached hydrogens (tertiary/aromatic N) is 1. The molecule has 0 bridgehead atoms. The summed E-state index contributed by atoms with van der Waals surface area (Å²) in [7, 11) is 0. The first-order valence-corrected chi connectivity index (χ1v) is 7.96. The first-order valence-electron chi connectivity index (χ1n) is 7.58. The van der Waals surface area contributed by atoms with E-state index in [0.29, 0.717) is 12.1 Å².